The monoisotopic (exact) mass is 204 g/mol. The standard InChI is InChI=1S/C10H8N2O3/c13-10(14)9-4-3-7(6-11-15)8-2-1-5-12(8)9/h1-6,15H,(H,13,14). The molecule has 0 unspecified atom stereocenters. The predicted octanol–water partition coefficient (Wildman–Crippen LogP) is 1.45. The summed E-state index contributed by atoms with van der Waals surface area (Å²) >= 11 is 0. The molecule has 0 aliphatic heterocycles. The maximum atomic E-state index is 10.9. The zero-order valence-corrected chi connectivity index (χ0v) is 7.66. The molecule has 2 heterocycles. The molecule has 5 heteroatoms. The van der Waals surface area contributed by atoms with E-state index in [0.29, 0.717) is 11.1 Å². The second-order valence-corrected chi connectivity index (χ2v) is 2.99. The summed E-state index contributed by atoms with van der Waals surface area (Å²) in [5.41, 5.74) is 1.52. The SMILES string of the molecule is O=C(O)c1ccc(C=NO)c2cccn12. The number of oxime groups is 1. The van der Waals surface area contributed by atoms with Crippen molar-refractivity contribution in [3.05, 3.63) is 41.7 Å². The minimum atomic E-state index is -0.997. The maximum Gasteiger partial charge on any atom is 0.352 e. The van der Waals surface area contributed by atoms with Gasteiger partial charge in [0.1, 0.15) is 5.69 Å². The normalized spacial score (nSPS) is 11.2. The summed E-state index contributed by atoms with van der Waals surface area (Å²) in [6.07, 6.45) is 2.91. The van der Waals surface area contributed by atoms with Crippen LogP contribution in [0.3, 0.4) is 0 Å². The summed E-state index contributed by atoms with van der Waals surface area (Å²) < 4.78 is 1.53. The highest BCUT2D eigenvalue weighted by Crippen LogP contribution is 2.13. The van der Waals surface area contributed by atoms with E-state index in [-0.39, 0.29) is 5.69 Å². The van der Waals surface area contributed by atoms with Gasteiger partial charge < -0.3 is 14.7 Å². The molecule has 0 fully saturated rings. The Morgan fingerprint density at radius 1 is 1.40 bits per heavy atom. The average molecular weight is 204 g/mol. The van der Waals surface area contributed by atoms with Crippen LogP contribution in [0.2, 0.25) is 0 Å². The van der Waals surface area contributed by atoms with Crippen LogP contribution in [0.5, 0.6) is 0 Å². The summed E-state index contributed by atoms with van der Waals surface area (Å²) in [7, 11) is 0. The van der Waals surface area contributed by atoms with Crippen molar-refractivity contribution in [2.75, 3.05) is 0 Å². The third-order valence-corrected chi connectivity index (χ3v) is 2.14. The summed E-state index contributed by atoms with van der Waals surface area (Å²) in [4.78, 5) is 10.9. The van der Waals surface area contributed by atoms with Gasteiger partial charge in [0.25, 0.3) is 0 Å². The van der Waals surface area contributed by atoms with E-state index in [9.17, 15) is 4.79 Å². The first-order valence-corrected chi connectivity index (χ1v) is 4.25. The molecule has 2 N–H and O–H groups in total. The first kappa shape index (κ1) is 9.26. The van der Waals surface area contributed by atoms with Crippen molar-refractivity contribution in [3.8, 4) is 0 Å². The molecule has 0 bridgehead atoms. The molecule has 0 aromatic carbocycles. The molecule has 0 aliphatic carbocycles. The number of aromatic nitrogens is 1. The molecule has 0 atom stereocenters. The third-order valence-electron chi connectivity index (χ3n) is 2.14. The van der Waals surface area contributed by atoms with E-state index in [1.807, 2.05) is 0 Å². The zero-order valence-electron chi connectivity index (χ0n) is 7.66. The van der Waals surface area contributed by atoms with Crippen molar-refractivity contribution in [2.24, 2.45) is 5.16 Å². The lowest BCUT2D eigenvalue weighted by atomic mass is 10.2. The number of carboxylic acids is 1. The van der Waals surface area contributed by atoms with Crippen LogP contribution in [0.1, 0.15) is 16.1 Å². The minimum Gasteiger partial charge on any atom is -0.477 e. The Morgan fingerprint density at radius 2 is 2.20 bits per heavy atom. The molecule has 0 aliphatic rings. The van der Waals surface area contributed by atoms with Crippen molar-refractivity contribution in [1.29, 1.82) is 0 Å². The van der Waals surface area contributed by atoms with Crippen LogP contribution in [0.4, 0.5) is 0 Å². The summed E-state index contributed by atoms with van der Waals surface area (Å²) in [5, 5.41) is 20.3. The molecule has 0 amide bonds. The first-order chi connectivity index (χ1) is 7.24. The predicted molar refractivity (Wildman–Crippen MR) is 53.7 cm³/mol. The third kappa shape index (κ3) is 1.43. The second-order valence-electron chi connectivity index (χ2n) is 2.99. The molecule has 2 aromatic rings. The summed E-state index contributed by atoms with van der Waals surface area (Å²) in [6.45, 7) is 0. The number of aromatic carboxylic acids is 1. The second kappa shape index (κ2) is 3.45. The zero-order chi connectivity index (χ0) is 10.8. The van der Waals surface area contributed by atoms with Gasteiger partial charge in [0.05, 0.1) is 11.7 Å². The van der Waals surface area contributed by atoms with Gasteiger partial charge in [-0.15, -0.1) is 0 Å². The molecule has 15 heavy (non-hydrogen) atoms. The fraction of sp³-hybridized carbons (Fsp3) is 0. The molecule has 0 radical (unpaired) electrons. The smallest absolute Gasteiger partial charge is 0.352 e. The van der Waals surface area contributed by atoms with Crippen LogP contribution < -0.4 is 0 Å². The van der Waals surface area contributed by atoms with Gasteiger partial charge in [-0.05, 0) is 24.3 Å². The largest absolute Gasteiger partial charge is 0.477 e. The Bertz CT molecular complexity index is 543. The number of rotatable bonds is 2. The van der Waals surface area contributed by atoms with E-state index >= 15 is 0 Å². The van der Waals surface area contributed by atoms with Gasteiger partial charge in [0, 0.05) is 11.8 Å². The number of carboxylic acid groups (broad SMARTS) is 1. The highest BCUT2D eigenvalue weighted by Gasteiger charge is 2.09. The highest BCUT2D eigenvalue weighted by molar-refractivity contribution is 5.93. The Hall–Kier alpha value is -2.30. The van der Waals surface area contributed by atoms with Gasteiger partial charge in [-0.25, -0.2) is 4.79 Å². The molecule has 76 valence electrons. The van der Waals surface area contributed by atoms with Crippen molar-refractivity contribution in [3.63, 3.8) is 0 Å². The Morgan fingerprint density at radius 3 is 2.87 bits per heavy atom. The van der Waals surface area contributed by atoms with E-state index in [0.717, 1.165) is 0 Å². The van der Waals surface area contributed by atoms with Crippen molar-refractivity contribution in [1.82, 2.24) is 4.40 Å². The molecular formula is C10H8N2O3. The van der Waals surface area contributed by atoms with Crippen LogP contribution >= 0.6 is 0 Å². The van der Waals surface area contributed by atoms with E-state index in [4.69, 9.17) is 10.3 Å². The van der Waals surface area contributed by atoms with Gasteiger partial charge in [-0.1, -0.05) is 5.16 Å². The lowest BCUT2D eigenvalue weighted by Crippen LogP contribution is -2.05. The summed E-state index contributed by atoms with van der Waals surface area (Å²) in [5.74, 6) is -0.997. The van der Waals surface area contributed by atoms with Crippen LogP contribution in [0.25, 0.3) is 5.52 Å². The topological polar surface area (TPSA) is 74.3 Å². The van der Waals surface area contributed by atoms with Crippen LogP contribution in [-0.2, 0) is 0 Å². The van der Waals surface area contributed by atoms with Gasteiger partial charge in [0.15, 0.2) is 0 Å². The summed E-state index contributed by atoms with van der Waals surface area (Å²) in [6, 6.07) is 6.55. The number of hydrogen-bond acceptors (Lipinski definition) is 3. The first-order valence-electron chi connectivity index (χ1n) is 4.25. The van der Waals surface area contributed by atoms with Gasteiger partial charge in [0.2, 0.25) is 0 Å². The van der Waals surface area contributed by atoms with Crippen molar-refractivity contribution >= 4 is 17.7 Å². The molecule has 0 saturated carbocycles. The molecule has 2 aromatic heterocycles. The quantitative estimate of drug-likeness (QED) is 0.441. The lowest BCUT2D eigenvalue weighted by Gasteiger charge is -2.03. The van der Waals surface area contributed by atoms with Crippen LogP contribution in [0.15, 0.2) is 35.6 Å². The number of nitrogens with zero attached hydrogens (tertiary/aromatic N) is 2. The highest BCUT2D eigenvalue weighted by atomic mass is 16.4. The van der Waals surface area contributed by atoms with E-state index in [1.165, 1.54) is 16.7 Å². The van der Waals surface area contributed by atoms with E-state index in [1.54, 1.807) is 24.4 Å². The van der Waals surface area contributed by atoms with Crippen molar-refractivity contribution < 1.29 is 15.1 Å². The molecule has 5 nitrogen and oxygen atoms in total. The van der Waals surface area contributed by atoms with E-state index < -0.39 is 5.97 Å². The van der Waals surface area contributed by atoms with Crippen LogP contribution in [-0.4, -0.2) is 26.9 Å². The molecule has 0 saturated heterocycles. The lowest BCUT2D eigenvalue weighted by molar-refractivity contribution is 0.0689. The van der Waals surface area contributed by atoms with Crippen LogP contribution in [0, 0.1) is 0 Å². The Kier molecular flexibility index (Phi) is 2.13. The number of carbonyl (C=O) groups is 1. The minimum absolute atomic E-state index is 0.171. The van der Waals surface area contributed by atoms with Crippen molar-refractivity contribution in [2.45, 2.75) is 0 Å². The Labute approximate surface area is 84.9 Å². The average Bonchev–Trinajstić information content (AvgIpc) is 2.66. The van der Waals surface area contributed by atoms with E-state index in [2.05, 4.69) is 5.16 Å². The molecule has 0 spiro atoms. The molecular weight excluding hydrogens is 196 g/mol. The van der Waals surface area contributed by atoms with Gasteiger partial charge >= 0.3 is 5.97 Å². The number of hydrogen-bond donors (Lipinski definition) is 2. The van der Waals surface area contributed by atoms with Gasteiger partial charge in [-0.3, -0.25) is 0 Å². The fourth-order valence-corrected chi connectivity index (χ4v) is 1.51. The number of pyridine rings is 1. The maximum absolute atomic E-state index is 10.9. The van der Waals surface area contributed by atoms with Gasteiger partial charge in [-0.2, -0.15) is 0 Å². The number of fused-ring (bicyclic) bond motifs is 1. The Balaban J connectivity index is 2.76. The fourth-order valence-electron chi connectivity index (χ4n) is 1.51. The molecule has 2 rings (SSSR count).